The van der Waals surface area contributed by atoms with Crippen molar-refractivity contribution >= 4 is 11.8 Å². The van der Waals surface area contributed by atoms with Gasteiger partial charge in [-0.15, -0.1) is 0 Å². The summed E-state index contributed by atoms with van der Waals surface area (Å²) in [5.74, 6) is -0.165. The number of rotatable bonds is 2. The van der Waals surface area contributed by atoms with Crippen molar-refractivity contribution in [2.24, 2.45) is 0 Å². The van der Waals surface area contributed by atoms with Crippen LogP contribution in [0.2, 0.25) is 0 Å². The molecule has 2 saturated heterocycles. The Morgan fingerprint density at radius 1 is 1.16 bits per heavy atom. The molecule has 0 atom stereocenters. The Morgan fingerprint density at radius 3 is 2.64 bits per heavy atom. The van der Waals surface area contributed by atoms with E-state index >= 15 is 0 Å². The second kappa shape index (κ2) is 6.25. The molecule has 2 fully saturated rings. The molecule has 4 rings (SSSR count). The summed E-state index contributed by atoms with van der Waals surface area (Å²) in [7, 11) is 4.44. The number of hydrogen-bond donors (Lipinski definition) is 1. The Bertz CT molecular complexity index is 682. The fourth-order valence-corrected chi connectivity index (χ4v) is 4.79. The quantitative estimate of drug-likeness (QED) is 0.877. The first-order valence-electron chi connectivity index (χ1n) is 9.39. The molecule has 0 bridgehead atoms. The SMILES string of the molecule is CN1CCN(C)C2(CCN(c3nc4c(cc3C(=O)O)CCC4)CC2)C1. The third-order valence-corrected chi connectivity index (χ3v) is 6.45. The van der Waals surface area contributed by atoms with Crippen LogP contribution in [0.1, 0.15) is 40.9 Å². The molecule has 6 nitrogen and oxygen atoms in total. The van der Waals surface area contributed by atoms with E-state index in [1.807, 2.05) is 6.07 Å². The predicted octanol–water partition coefficient (Wildman–Crippen LogP) is 1.48. The van der Waals surface area contributed by atoms with Crippen LogP contribution in [0.3, 0.4) is 0 Å². The molecule has 0 unspecified atom stereocenters. The molecule has 0 amide bonds. The van der Waals surface area contributed by atoms with Crippen molar-refractivity contribution in [1.29, 1.82) is 0 Å². The minimum Gasteiger partial charge on any atom is -0.478 e. The fourth-order valence-electron chi connectivity index (χ4n) is 4.79. The lowest BCUT2D eigenvalue weighted by Crippen LogP contribution is -2.63. The minimum atomic E-state index is -0.855. The van der Waals surface area contributed by atoms with Gasteiger partial charge in [0.15, 0.2) is 0 Å². The number of aryl methyl sites for hydroxylation is 2. The van der Waals surface area contributed by atoms with Crippen molar-refractivity contribution in [2.75, 3.05) is 51.7 Å². The number of piperidine rings is 1. The summed E-state index contributed by atoms with van der Waals surface area (Å²) in [6.45, 7) is 5.08. The van der Waals surface area contributed by atoms with E-state index in [9.17, 15) is 9.90 Å². The highest BCUT2D eigenvalue weighted by molar-refractivity contribution is 5.93. The number of nitrogens with zero attached hydrogens (tertiary/aromatic N) is 4. The third-order valence-electron chi connectivity index (χ3n) is 6.45. The molecule has 25 heavy (non-hydrogen) atoms. The van der Waals surface area contributed by atoms with E-state index in [1.165, 1.54) is 0 Å². The number of anilines is 1. The number of piperazine rings is 1. The number of aromatic carboxylic acids is 1. The van der Waals surface area contributed by atoms with Crippen LogP contribution < -0.4 is 4.90 Å². The number of hydrogen-bond acceptors (Lipinski definition) is 5. The monoisotopic (exact) mass is 344 g/mol. The van der Waals surface area contributed by atoms with Gasteiger partial charge in [0.1, 0.15) is 11.4 Å². The maximum atomic E-state index is 11.8. The highest BCUT2D eigenvalue weighted by Crippen LogP contribution is 2.35. The van der Waals surface area contributed by atoms with Gasteiger partial charge in [0.05, 0.1) is 0 Å². The van der Waals surface area contributed by atoms with E-state index in [-0.39, 0.29) is 5.54 Å². The Hall–Kier alpha value is -1.66. The summed E-state index contributed by atoms with van der Waals surface area (Å²) in [6.07, 6.45) is 5.15. The first-order valence-corrected chi connectivity index (χ1v) is 9.39. The molecule has 1 aromatic rings. The van der Waals surface area contributed by atoms with Crippen LogP contribution in [0.15, 0.2) is 6.07 Å². The van der Waals surface area contributed by atoms with Crippen LogP contribution in [0.25, 0.3) is 0 Å². The minimum absolute atomic E-state index is 0.226. The third kappa shape index (κ3) is 2.91. The van der Waals surface area contributed by atoms with Gasteiger partial charge in [-0.25, -0.2) is 9.78 Å². The van der Waals surface area contributed by atoms with Crippen molar-refractivity contribution in [1.82, 2.24) is 14.8 Å². The van der Waals surface area contributed by atoms with Gasteiger partial charge >= 0.3 is 5.97 Å². The molecule has 1 spiro atoms. The summed E-state index contributed by atoms with van der Waals surface area (Å²) in [5.41, 5.74) is 2.84. The van der Waals surface area contributed by atoms with E-state index in [0.29, 0.717) is 11.4 Å². The summed E-state index contributed by atoms with van der Waals surface area (Å²) < 4.78 is 0. The molecule has 6 heteroatoms. The number of aromatic nitrogens is 1. The zero-order valence-electron chi connectivity index (χ0n) is 15.3. The summed E-state index contributed by atoms with van der Waals surface area (Å²) in [6, 6.07) is 1.87. The van der Waals surface area contributed by atoms with Crippen LogP contribution in [-0.2, 0) is 12.8 Å². The topological polar surface area (TPSA) is 59.9 Å². The molecule has 136 valence electrons. The summed E-state index contributed by atoms with van der Waals surface area (Å²) in [5, 5.41) is 9.66. The second-order valence-corrected chi connectivity index (χ2v) is 7.99. The van der Waals surface area contributed by atoms with Crippen molar-refractivity contribution in [3.63, 3.8) is 0 Å². The Balaban J connectivity index is 1.58. The number of fused-ring (bicyclic) bond motifs is 1. The number of likely N-dealkylation sites (N-methyl/N-ethyl adjacent to an activating group) is 2. The zero-order chi connectivity index (χ0) is 17.6. The van der Waals surface area contributed by atoms with Crippen LogP contribution in [0.4, 0.5) is 5.82 Å². The normalized spacial score (nSPS) is 23.8. The summed E-state index contributed by atoms with van der Waals surface area (Å²) in [4.78, 5) is 23.7. The standard InChI is InChI=1S/C19H28N4O2/c1-21-10-11-22(2)19(13-21)6-8-23(9-7-19)17-15(18(24)25)12-14-4-3-5-16(14)20-17/h12H,3-11,13H2,1-2H3,(H,24,25). The van der Waals surface area contributed by atoms with E-state index < -0.39 is 5.97 Å². The van der Waals surface area contributed by atoms with Gasteiger partial charge in [0, 0.05) is 44.0 Å². The Kier molecular flexibility index (Phi) is 4.20. The molecule has 1 aliphatic carbocycles. The highest BCUT2D eigenvalue weighted by atomic mass is 16.4. The van der Waals surface area contributed by atoms with Gasteiger partial charge in [-0.2, -0.15) is 0 Å². The maximum absolute atomic E-state index is 11.8. The van der Waals surface area contributed by atoms with Crippen molar-refractivity contribution in [2.45, 2.75) is 37.6 Å². The Labute approximate surface area is 149 Å². The Morgan fingerprint density at radius 2 is 1.92 bits per heavy atom. The van der Waals surface area contributed by atoms with E-state index in [1.54, 1.807) is 0 Å². The van der Waals surface area contributed by atoms with Gasteiger partial charge in [0.25, 0.3) is 0 Å². The summed E-state index contributed by atoms with van der Waals surface area (Å²) >= 11 is 0. The number of carboxylic acids is 1. The highest BCUT2D eigenvalue weighted by Gasteiger charge is 2.42. The van der Waals surface area contributed by atoms with Gasteiger partial charge < -0.3 is 14.9 Å². The molecular weight excluding hydrogens is 316 g/mol. The van der Waals surface area contributed by atoms with Gasteiger partial charge in [0.2, 0.25) is 0 Å². The molecular formula is C19H28N4O2. The zero-order valence-corrected chi connectivity index (χ0v) is 15.3. The first-order chi connectivity index (χ1) is 12.0. The predicted molar refractivity (Wildman–Crippen MR) is 97.5 cm³/mol. The average Bonchev–Trinajstić information content (AvgIpc) is 3.05. The molecule has 0 aromatic carbocycles. The van der Waals surface area contributed by atoms with Crippen molar-refractivity contribution in [3.8, 4) is 0 Å². The van der Waals surface area contributed by atoms with Crippen LogP contribution in [0, 0.1) is 0 Å². The molecule has 0 radical (unpaired) electrons. The van der Waals surface area contributed by atoms with Crippen molar-refractivity contribution < 1.29 is 9.90 Å². The first kappa shape index (κ1) is 16.8. The number of pyridine rings is 1. The molecule has 0 saturated carbocycles. The lowest BCUT2D eigenvalue weighted by molar-refractivity contribution is 0.00935. The molecule has 3 aliphatic rings. The van der Waals surface area contributed by atoms with Gasteiger partial charge in [-0.05, 0) is 57.8 Å². The largest absolute Gasteiger partial charge is 0.478 e. The number of carboxylic acid groups (broad SMARTS) is 1. The molecule has 1 aromatic heterocycles. The second-order valence-electron chi connectivity index (χ2n) is 7.99. The fraction of sp³-hybridized carbons (Fsp3) is 0.684. The lowest BCUT2D eigenvalue weighted by atomic mass is 9.83. The average molecular weight is 344 g/mol. The maximum Gasteiger partial charge on any atom is 0.339 e. The number of carbonyl (C=O) groups is 1. The van der Waals surface area contributed by atoms with Gasteiger partial charge in [-0.1, -0.05) is 0 Å². The molecule has 3 heterocycles. The van der Waals surface area contributed by atoms with Crippen LogP contribution in [0.5, 0.6) is 0 Å². The van der Waals surface area contributed by atoms with E-state index in [4.69, 9.17) is 4.98 Å². The van der Waals surface area contributed by atoms with Crippen molar-refractivity contribution in [3.05, 3.63) is 22.9 Å². The lowest BCUT2D eigenvalue weighted by Gasteiger charge is -2.52. The van der Waals surface area contributed by atoms with Crippen LogP contribution >= 0.6 is 0 Å². The van der Waals surface area contributed by atoms with Gasteiger partial charge in [-0.3, -0.25) is 4.90 Å². The van der Waals surface area contributed by atoms with Crippen LogP contribution in [-0.4, -0.2) is 78.2 Å². The smallest absolute Gasteiger partial charge is 0.339 e. The molecule has 2 aliphatic heterocycles. The molecule has 1 N–H and O–H groups in total. The van der Waals surface area contributed by atoms with E-state index in [2.05, 4.69) is 28.8 Å². The van der Waals surface area contributed by atoms with E-state index in [0.717, 1.165) is 76.1 Å².